The molecule has 0 unspecified atom stereocenters. The van der Waals surface area contributed by atoms with E-state index in [2.05, 4.69) is 205 Å². The van der Waals surface area contributed by atoms with Crippen LogP contribution in [-0.2, 0) is 0 Å². The minimum Gasteiger partial charge on any atom is -0.458 e. The van der Waals surface area contributed by atoms with Gasteiger partial charge in [0.1, 0.15) is 11.5 Å². The van der Waals surface area contributed by atoms with Crippen molar-refractivity contribution >= 4 is 68.1 Å². The van der Waals surface area contributed by atoms with Crippen LogP contribution in [0.3, 0.4) is 0 Å². The third-order valence-electron chi connectivity index (χ3n) is 11.1. The van der Waals surface area contributed by atoms with Gasteiger partial charge in [-0.2, -0.15) is 0 Å². The molecule has 53 heavy (non-hydrogen) atoms. The normalized spacial score (nSPS) is 14.0. The summed E-state index contributed by atoms with van der Waals surface area (Å²) in [6.45, 7) is 6.37. The van der Waals surface area contributed by atoms with Crippen LogP contribution in [-0.4, -0.2) is 12.6 Å². The number of anilines is 3. The van der Waals surface area contributed by atoms with Gasteiger partial charge in [-0.25, -0.2) is 0 Å². The van der Waals surface area contributed by atoms with E-state index in [4.69, 9.17) is 4.74 Å². The van der Waals surface area contributed by atoms with Crippen LogP contribution in [0.5, 0.6) is 11.5 Å². The fourth-order valence-electron chi connectivity index (χ4n) is 8.94. The van der Waals surface area contributed by atoms with Crippen LogP contribution in [0.4, 0.5) is 17.1 Å². The zero-order valence-corrected chi connectivity index (χ0v) is 30.4. The standard InChI is InChI=1S/C49H36N2OSi/c1-3-4-22-38-34(2)53(46-29-15-13-27-44(46)52-45-28-14-16-30-47(45)53)48-33-37(31-32-39(38)48)50(35-18-7-5-8-19-35)42-25-17-26-43-49(42)40-23-11-12-24-41(40)51(43)36-20-9-6-10-21-36/h3-33H,1H2,2H3/b22-4-. The van der Waals surface area contributed by atoms with Crippen molar-refractivity contribution in [2.45, 2.75) is 6.92 Å². The van der Waals surface area contributed by atoms with E-state index in [1.54, 1.807) is 0 Å². The van der Waals surface area contributed by atoms with Gasteiger partial charge in [-0.3, -0.25) is 0 Å². The second-order valence-corrected chi connectivity index (χ2v) is 17.6. The molecule has 0 amide bonds. The highest BCUT2D eigenvalue weighted by Gasteiger charge is 2.53. The first-order valence-corrected chi connectivity index (χ1v) is 20.1. The van der Waals surface area contributed by atoms with Crippen molar-refractivity contribution in [3.63, 3.8) is 0 Å². The first kappa shape index (κ1) is 31.1. The Labute approximate surface area is 310 Å². The van der Waals surface area contributed by atoms with Crippen molar-refractivity contribution in [3.8, 4) is 17.2 Å². The van der Waals surface area contributed by atoms with Gasteiger partial charge >= 0.3 is 0 Å². The zero-order chi connectivity index (χ0) is 35.5. The van der Waals surface area contributed by atoms with E-state index in [9.17, 15) is 0 Å². The van der Waals surface area contributed by atoms with Gasteiger partial charge in [-0.1, -0.05) is 133 Å². The lowest BCUT2D eigenvalue weighted by molar-refractivity contribution is 0.487. The number of fused-ring (bicyclic) bond motifs is 9. The van der Waals surface area contributed by atoms with Gasteiger partial charge in [0.25, 0.3) is 0 Å². The van der Waals surface area contributed by atoms with E-state index in [1.165, 1.54) is 53.7 Å². The van der Waals surface area contributed by atoms with E-state index < -0.39 is 8.07 Å². The van der Waals surface area contributed by atoms with Crippen molar-refractivity contribution in [1.82, 2.24) is 4.57 Å². The molecule has 1 aromatic heterocycles. The number of allylic oxidation sites excluding steroid dienone is 5. The molecule has 3 nitrogen and oxygen atoms in total. The number of ether oxygens (including phenoxy) is 1. The van der Waals surface area contributed by atoms with Crippen molar-refractivity contribution < 1.29 is 4.74 Å². The van der Waals surface area contributed by atoms with Gasteiger partial charge < -0.3 is 14.2 Å². The first-order chi connectivity index (χ1) is 26.2. The molecule has 0 aliphatic carbocycles. The van der Waals surface area contributed by atoms with Gasteiger partial charge in [0.2, 0.25) is 0 Å². The zero-order valence-electron chi connectivity index (χ0n) is 29.4. The maximum atomic E-state index is 6.65. The Hall–Kier alpha value is -6.62. The first-order valence-electron chi connectivity index (χ1n) is 18.1. The van der Waals surface area contributed by atoms with Crippen LogP contribution in [0.25, 0.3) is 33.1 Å². The topological polar surface area (TPSA) is 17.4 Å². The van der Waals surface area contributed by atoms with E-state index in [1.807, 2.05) is 6.08 Å². The van der Waals surface area contributed by atoms with Gasteiger partial charge in [0, 0.05) is 27.8 Å². The molecule has 0 radical (unpaired) electrons. The molecule has 0 bridgehead atoms. The second kappa shape index (κ2) is 12.3. The highest BCUT2D eigenvalue weighted by Crippen LogP contribution is 2.46. The van der Waals surface area contributed by atoms with E-state index in [-0.39, 0.29) is 0 Å². The number of aromatic nitrogens is 1. The highest BCUT2D eigenvalue weighted by molar-refractivity contribution is 7.19. The summed E-state index contributed by atoms with van der Waals surface area (Å²) in [5.74, 6) is 1.89. The lowest BCUT2D eigenvalue weighted by Crippen LogP contribution is -2.69. The van der Waals surface area contributed by atoms with Gasteiger partial charge in [0.05, 0.1) is 16.7 Å². The van der Waals surface area contributed by atoms with E-state index in [0.717, 1.165) is 34.2 Å². The van der Waals surface area contributed by atoms with Crippen LogP contribution >= 0.6 is 0 Å². The molecule has 2 aliphatic heterocycles. The SMILES string of the molecule is C=C/C=C\C1=C(C)[Si]2(c3ccccc3Oc3ccccc32)c2cc(N(c3ccccc3)c3cccc4c3c3ccccc3n4-c3ccccc3)ccc21. The maximum absolute atomic E-state index is 6.65. The summed E-state index contributed by atoms with van der Waals surface area (Å²) >= 11 is 0. The average Bonchev–Trinajstić information content (AvgIpc) is 3.68. The molecular formula is C49H36N2OSi. The smallest absolute Gasteiger partial charge is 0.185 e. The average molecular weight is 697 g/mol. The number of hydrogen-bond donors (Lipinski definition) is 0. The number of para-hydroxylation sites is 5. The fraction of sp³-hybridized carbons (Fsp3) is 0.0204. The van der Waals surface area contributed by atoms with Crippen LogP contribution in [0.15, 0.2) is 200 Å². The van der Waals surface area contributed by atoms with Crippen LogP contribution < -0.4 is 25.2 Å². The molecule has 8 aromatic rings. The summed E-state index contributed by atoms with van der Waals surface area (Å²) in [4.78, 5) is 2.45. The Kier molecular flexibility index (Phi) is 7.20. The molecule has 252 valence electrons. The van der Waals surface area contributed by atoms with Gasteiger partial charge in [-0.15, -0.1) is 0 Å². The molecule has 3 heterocycles. The third kappa shape index (κ3) is 4.52. The lowest BCUT2D eigenvalue weighted by atomic mass is 10.0. The molecule has 0 atom stereocenters. The lowest BCUT2D eigenvalue weighted by Gasteiger charge is -2.38. The van der Waals surface area contributed by atoms with Gasteiger partial charge in [0.15, 0.2) is 8.07 Å². The minimum atomic E-state index is -2.78. The summed E-state index contributed by atoms with van der Waals surface area (Å²) in [7, 11) is -2.78. The van der Waals surface area contributed by atoms with Crippen LogP contribution in [0.1, 0.15) is 12.5 Å². The highest BCUT2D eigenvalue weighted by atomic mass is 28.3. The maximum Gasteiger partial charge on any atom is 0.185 e. The Bertz CT molecular complexity index is 2750. The largest absolute Gasteiger partial charge is 0.458 e. The molecule has 0 saturated heterocycles. The van der Waals surface area contributed by atoms with E-state index >= 15 is 0 Å². The van der Waals surface area contributed by atoms with Crippen LogP contribution in [0, 0.1) is 0 Å². The molecule has 2 aliphatic rings. The number of hydrogen-bond acceptors (Lipinski definition) is 2. The van der Waals surface area contributed by atoms with Crippen molar-refractivity contribution in [1.29, 1.82) is 0 Å². The monoisotopic (exact) mass is 696 g/mol. The van der Waals surface area contributed by atoms with E-state index in [0.29, 0.717) is 0 Å². The Morgan fingerprint density at radius 3 is 1.98 bits per heavy atom. The molecule has 1 spiro atoms. The molecule has 10 rings (SSSR count). The molecular weight excluding hydrogens is 661 g/mol. The predicted octanol–water partition coefficient (Wildman–Crippen LogP) is 10.9. The third-order valence-corrected chi connectivity index (χ3v) is 16.1. The number of nitrogens with zero attached hydrogens (tertiary/aromatic N) is 2. The quantitative estimate of drug-likeness (QED) is 0.127. The molecule has 0 fully saturated rings. The Morgan fingerprint density at radius 1 is 0.604 bits per heavy atom. The molecule has 7 aromatic carbocycles. The molecule has 4 heteroatoms. The Balaban J connectivity index is 1.29. The summed E-state index contributed by atoms with van der Waals surface area (Å²) in [6.07, 6.45) is 6.19. The minimum absolute atomic E-state index is 0.945. The number of rotatable bonds is 6. The van der Waals surface area contributed by atoms with Crippen molar-refractivity contribution in [2.75, 3.05) is 4.90 Å². The number of benzene rings is 7. The summed E-state index contributed by atoms with van der Waals surface area (Å²) in [6, 6.07) is 61.5. The molecule has 0 saturated carbocycles. The summed E-state index contributed by atoms with van der Waals surface area (Å²) < 4.78 is 9.05. The van der Waals surface area contributed by atoms with Crippen molar-refractivity contribution in [2.24, 2.45) is 0 Å². The summed E-state index contributed by atoms with van der Waals surface area (Å²) in [5.41, 5.74) is 9.40. The van der Waals surface area contributed by atoms with Crippen molar-refractivity contribution in [3.05, 3.63) is 205 Å². The predicted molar refractivity (Wildman–Crippen MR) is 225 cm³/mol. The fourth-order valence-corrected chi connectivity index (χ4v) is 14.3. The Morgan fingerprint density at radius 2 is 1.25 bits per heavy atom. The van der Waals surface area contributed by atoms with Crippen LogP contribution in [0.2, 0.25) is 0 Å². The molecule has 0 N–H and O–H groups in total. The second-order valence-electron chi connectivity index (χ2n) is 13.7. The van der Waals surface area contributed by atoms with Gasteiger partial charge in [-0.05, 0) is 100 Å². The summed E-state index contributed by atoms with van der Waals surface area (Å²) in [5, 5.41) is 7.79.